The number of phenols is 1. The number of rotatable bonds is 9. The van der Waals surface area contributed by atoms with Crippen LogP contribution in [0.1, 0.15) is 49.4 Å². The third-order valence-corrected chi connectivity index (χ3v) is 10.8. The van der Waals surface area contributed by atoms with Crippen molar-refractivity contribution in [2.24, 2.45) is 5.41 Å². The van der Waals surface area contributed by atoms with Gasteiger partial charge in [-0.3, -0.25) is 4.31 Å². The summed E-state index contributed by atoms with van der Waals surface area (Å²) >= 11 is 0. The van der Waals surface area contributed by atoms with Gasteiger partial charge in [0.05, 0.1) is 30.1 Å². The molecule has 2 bridgehead atoms. The van der Waals surface area contributed by atoms with Crippen LogP contribution in [-0.2, 0) is 11.0 Å². The van der Waals surface area contributed by atoms with Crippen LogP contribution in [0, 0.1) is 23.6 Å². The van der Waals surface area contributed by atoms with E-state index in [0.717, 1.165) is 43.5 Å². The number of halogens is 3. The number of hydrogen-bond donors (Lipinski definition) is 2. The van der Waals surface area contributed by atoms with Gasteiger partial charge in [0.2, 0.25) is 0 Å². The quantitative estimate of drug-likeness (QED) is 0.320. The van der Waals surface area contributed by atoms with Gasteiger partial charge in [-0.2, -0.15) is 9.97 Å². The number of piperazine rings is 1. The second kappa shape index (κ2) is 11.7. The molecule has 0 amide bonds. The Kier molecular flexibility index (Phi) is 7.88. The zero-order valence-corrected chi connectivity index (χ0v) is 27.3. The van der Waals surface area contributed by atoms with Gasteiger partial charge in [0.25, 0.3) is 5.92 Å². The summed E-state index contributed by atoms with van der Waals surface area (Å²) in [7, 11) is 1.81. The van der Waals surface area contributed by atoms with Crippen LogP contribution in [0.5, 0.6) is 11.8 Å². The molecule has 248 valence electrons. The maximum Gasteiger partial charge on any atom is 0.319 e. The number of ether oxygens (including phenoxy) is 1. The highest BCUT2D eigenvalue weighted by Gasteiger charge is 2.45. The number of terminal acetylenes is 1. The molecule has 13 heteroatoms. The molecule has 3 aliphatic heterocycles. The average Bonchev–Trinajstić information content (AvgIpc) is 3.68. The number of nitrogens with zero attached hydrogens (tertiary/aromatic N) is 5. The van der Waals surface area contributed by atoms with E-state index in [1.807, 2.05) is 19.0 Å². The molecule has 3 fully saturated rings. The zero-order chi connectivity index (χ0) is 33.2. The van der Waals surface area contributed by atoms with Gasteiger partial charge >= 0.3 is 6.01 Å². The molecule has 3 unspecified atom stereocenters. The highest BCUT2D eigenvalue weighted by molar-refractivity contribution is 7.83. The number of aromatic hydroxyl groups is 1. The average molecular weight is 667 g/mol. The highest BCUT2D eigenvalue weighted by atomic mass is 32.2. The molecule has 0 spiro atoms. The van der Waals surface area contributed by atoms with Crippen LogP contribution in [0.4, 0.5) is 19.0 Å². The summed E-state index contributed by atoms with van der Waals surface area (Å²) in [5.41, 5.74) is 0.342. The number of fused-ring (bicyclic) bond motifs is 4. The first-order valence-corrected chi connectivity index (χ1v) is 16.9. The SMILES string of the molecule is C#Cc1c(F)ccc2cc(O)cc(C3=Cc4nc(OCC5(CN(C)C)CC5)nc(N5CC6CCC(C5)N6)c4S(=O)N3CC(C)(F)F)c12. The summed E-state index contributed by atoms with van der Waals surface area (Å²) in [6.45, 7) is 2.26. The molecule has 2 N–H and O–H groups in total. The lowest BCUT2D eigenvalue weighted by atomic mass is 9.96. The second-order valence-electron chi connectivity index (χ2n) is 13.7. The van der Waals surface area contributed by atoms with Crippen LogP contribution < -0.4 is 15.0 Å². The van der Waals surface area contributed by atoms with Crippen molar-refractivity contribution in [1.82, 2.24) is 24.5 Å². The standard InChI is InChI=1S/C34H37F3N6O3S/c1-5-24-26(35)9-6-20-12-23(44)13-25(29(20)24)28-14-27-30(47(45)43(28)17-33(2,36)37)31(42-15-21-7-8-22(16-42)38-21)40-32(39-27)46-19-34(10-11-34)18-41(3)4/h1,6,9,12-14,21-22,38,44H,7-8,10-11,15-19H2,2-4H3. The second-order valence-corrected chi connectivity index (χ2v) is 15.0. The monoisotopic (exact) mass is 666 g/mol. The number of nitrogens with one attached hydrogen (secondary N) is 1. The summed E-state index contributed by atoms with van der Waals surface area (Å²) in [5, 5.41) is 14.9. The number of phenolic OH excluding ortho intramolecular Hbond substituents is 1. The van der Waals surface area contributed by atoms with E-state index in [1.165, 1.54) is 24.3 Å². The number of hydrogen-bond acceptors (Lipinski definition) is 8. The van der Waals surface area contributed by atoms with Crippen molar-refractivity contribution >= 4 is 39.3 Å². The fourth-order valence-electron chi connectivity index (χ4n) is 7.14. The molecule has 1 aliphatic carbocycles. The summed E-state index contributed by atoms with van der Waals surface area (Å²) in [5.74, 6) is -1.40. The minimum Gasteiger partial charge on any atom is -0.508 e. The van der Waals surface area contributed by atoms with Gasteiger partial charge in [0.1, 0.15) is 16.5 Å². The number of anilines is 1. The van der Waals surface area contributed by atoms with Crippen LogP contribution in [0.25, 0.3) is 22.5 Å². The third-order valence-electron chi connectivity index (χ3n) is 9.30. The Morgan fingerprint density at radius 3 is 2.57 bits per heavy atom. The highest BCUT2D eigenvalue weighted by Crippen LogP contribution is 2.47. The Bertz CT molecular complexity index is 1840. The molecule has 1 saturated carbocycles. The first-order chi connectivity index (χ1) is 22.3. The largest absolute Gasteiger partial charge is 0.508 e. The maximum absolute atomic E-state index is 15.0. The van der Waals surface area contributed by atoms with Gasteiger partial charge in [-0.25, -0.2) is 17.4 Å². The molecule has 3 atom stereocenters. The van der Waals surface area contributed by atoms with Crippen LogP contribution in [0.15, 0.2) is 29.2 Å². The first-order valence-electron chi connectivity index (χ1n) is 15.7. The molecule has 1 aromatic heterocycles. The van der Waals surface area contributed by atoms with Crippen molar-refractivity contribution in [2.45, 2.75) is 55.5 Å². The van der Waals surface area contributed by atoms with Crippen LogP contribution in [0.2, 0.25) is 0 Å². The van der Waals surface area contributed by atoms with Gasteiger partial charge in [-0.1, -0.05) is 12.0 Å². The predicted molar refractivity (Wildman–Crippen MR) is 175 cm³/mol. The van der Waals surface area contributed by atoms with Gasteiger partial charge in [0.15, 0.2) is 16.8 Å². The van der Waals surface area contributed by atoms with E-state index in [2.05, 4.69) is 16.1 Å². The van der Waals surface area contributed by atoms with Gasteiger partial charge < -0.3 is 25.0 Å². The van der Waals surface area contributed by atoms with Gasteiger partial charge in [-0.15, -0.1) is 6.42 Å². The molecular weight excluding hydrogens is 629 g/mol. The topological polar surface area (TPSA) is 94.1 Å². The van der Waals surface area contributed by atoms with E-state index in [4.69, 9.17) is 21.1 Å². The predicted octanol–water partition coefficient (Wildman–Crippen LogP) is 4.61. The molecular formula is C34H37F3N6O3S. The third kappa shape index (κ3) is 6.14. The molecule has 0 radical (unpaired) electrons. The van der Waals surface area contributed by atoms with E-state index in [-0.39, 0.29) is 62.1 Å². The zero-order valence-electron chi connectivity index (χ0n) is 26.5. The van der Waals surface area contributed by atoms with Gasteiger partial charge in [0, 0.05) is 55.0 Å². The smallest absolute Gasteiger partial charge is 0.319 e. The number of alkyl halides is 2. The summed E-state index contributed by atoms with van der Waals surface area (Å²) in [4.78, 5) is 13.9. The van der Waals surface area contributed by atoms with E-state index in [9.17, 15) is 18.1 Å². The molecule has 2 saturated heterocycles. The van der Waals surface area contributed by atoms with Crippen molar-refractivity contribution in [2.75, 3.05) is 51.8 Å². The van der Waals surface area contributed by atoms with E-state index >= 15 is 4.39 Å². The number of aromatic nitrogens is 2. The van der Waals surface area contributed by atoms with E-state index < -0.39 is 29.3 Å². The van der Waals surface area contributed by atoms with E-state index in [1.54, 1.807) is 6.08 Å². The minimum atomic E-state index is -3.28. The summed E-state index contributed by atoms with van der Waals surface area (Å²) < 4.78 is 66.7. The molecule has 7 rings (SSSR count). The normalized spacial score (nSPS) is 23.1. The molecule has 4 heterocycles. The maximum atomic E-state index is 15.0. The van der Waals surface area contributed by atoms with Crippen LogP contribution in [0.3, 0.4) is 0 Å². The Hall–Kier alpha value is -3.86. The number of benzene rings is 2. The Balaban J connectivity index is 1.42. The van der Waals surface area contributed by atoms with Crippen molar-refractivity contribution in [3.8, 4) is 24.1 Å². The summed E-state index contributed by atoms with van der Waals surface area (Å²) in [6.07, 6.45) is 11.3. The lowest BCUT2D eigenvalue weighted by Crippen LogP contribution is -2.52. The molecule has 3 aromatic rings. The van der Waals surface area contributed by atoms with E-state index in [0.29, 0.717) is 30.9 Å². The lowest BCUT2D eigenvalue weighted by Gasteiger charge is -2.37. The van der Waals surface area contributed by atoms with Gasteiger partial charge in [-0.05, 0) is 69.4 Å². The minimum absolute atomic E-state index is 0.0133. The lowest BCUT2D eigenvalue weighted by molar-refractivity contribution is 0.0134. The van der Waals surface area contributed by atoms with Crippen LogP contribution in [-0.4, -0.2) is 93.4 Å². The molecule has 4 aliphatic rings. The molecule has 2 aromatic carbocycles. The van der Waals surface area contributed by atoms with Crippen molar-refractivity contribution in [3.05, 3.63) is 46.9 Å². The van der Waals surface area contributed by atoms with Crippen molar-refractivity contribution < 1.29 is 27.2 Å². The first kappa shape index (κ1) is 31.7. The Labute approximate surface area is 274 Å². The van der Waals surface area contributed by atoms with Crippen molar-refractivity contribution in [1.29, 1.82) is 0 Å². The Morgan fingerprint density at radius 2 is 1.94 bits per heavy atom. The van der Waals surface area contributed by atoms with Crippen LogP contribution >= 0.6 is 0 Å². The fourth-order valence-corrected chi connectivity index (χ4v) is 8.65. The summed E-state index contributed by atoms with van der Waals surface area (Å²) in [6, 6.07) is 5.92. The van der Waals surface area contributed by atoms with Crippen molar-refractivity contribution in [3.63, 3.8) is 0 Å². The Morgan fingerprint density at radius 1 is 1.21 bits per heavy atom. The molecule has 47 heavy (non-hydrogen) atoms. The fraction of sp³-hybridized carbons (Fsp3) is 0.471. The molecule has 9 nitrogen and oxygen atoms in total.